The first kappa shape index (κ1) is 42.1. The average Bonchev–Trinajstić information content (AvgIpc) is 2.83. The summed E-state index contributed by atoms with van der Waals surface area (Å²) in [4.78, 5) is 28.9. The van der Waals surface area contributed by atoms with Gasteiger partial charge < -0.3 is 39.3 Å². The van der Waals surface area contributed by atoms with Crippen LogP contribution in [0.1, 0.15) is 96.8 Å². The molecule has 0 unspecified atom stereocenters. The summed E-state index contributed by atoms with van der Waals surface area (Å²) in [5, 5.41) is 29.0. The second-order valence-corrected chi connectivity index (χ2v) is 10.7. The number of rotatable bonds is 21. The Kier molecular flexibility index (Phi) is 27.5. The van der Waals surface area contributed by atoms with Crippen molar-refractivity contribution < 1.29 is 112 Å². The summed E-state index contributed by atoms with van der Waals surface area (Å²) in [5.74, 6) is 0. The van der Waals surface area contributed by atoms with Crippen LogP contribution in [0.3, 0.4) is 0 Å². The van der Waals surface area contributed by atoms with Crippen molar-refractivity contribution in [2.75, 3.05) is 13.2 Å². The molecule has 0 spiro atoms. The molecule has 11 nitrogen and oxygen atoms in total. The fraction of sp³-hybridized carbons (Fsp3) is 0.880. The van der Waals surface area contributed by atoms with Crippen molar-refractivity contribution in [1.29, 1.82) is 0 Å². The van der Waals surface area contributed by atoms with Gasteiger partial charge in [-0.3, -0.25) is 4.52 Å². The number of phosphoric ester groups is 1. The van der Waals surface area contributed by atoms with Crippen LogP contribution in [0.25, 0.3) is 0 Å². The van der Waals surface area contributed by atoms with E-state index in [1.807, 2.05) is 0 Å². The molecule has 14 heteroatoms. The van der Waals surface area contributed by atoms with E-state index < -0.39 is 51.3 Å². The fourth-order valence-corrected chi connectivity index (χ4v) is 4.69. The Hall–Kier alpha value is 0.960. The van der Waals surface area contributed by atoms with E-state index in [1.54, 1.807) is 0 Å². The molecule has 1 heterocycles. The maximum Gasteiger partial charge on any atom is 1.00 e. The Bertz CT molecular complexity index is 680. The summed E-state index contributed by atoms with van der Waals surface area (Å²) in [5.41, 5.74) is 0. The van der Waals surface area contributed by atoms with Gasteiger partial charge in [-0.2, -0.15) is 0 Å². The number of allylic oxidation sites excluding steroid dienone is 2. The zero-order valence-corrected chi connectivity index (χ0v) is 28.9. The molecule has 0 radical (unpaired) electrons. The van der Waals surface area contributed by atoms with Crippen LogP contribution >= 0.6 is 7.82 Å². The molecule has 0 amide bonds. The van der Waals surface area contributed by atoms with E-state index in [-0.39, 0.29) is 65.7 Å². The van der Waals surface area contributed by atoms with Crippen LogP contribution in [-0.4, -0.2) is 75.2 Å². The Labute approximate surface area is 277 Å². The molecular formula is C25H47Na2O11P+2. The zero-order chi connectivity index (χ0) is 27.5. The smallest absolute Gasteiger partial charge is 0.450 e. The largest absolute Gasteiger partial charge is 1.00 e. The zero-order valence-electron chi connectivity index (χ0n) is 24.0. The molecule has 1 rings (SSSR count). The van der Waals surface area contributed by atoms with Gasteiger partial charge in [-0.05, 0) is 32.1 Å². The minimum Gasteiger partial charge on any atom is -0.450 e. The average molecular weight is 601 g/mol. The molecule has 0 bridgehead atoms. The molecule has 218 valence electrons. The molecule has 5 N–H and O–H groups in total. The minimum absolute atomic E-state index is 0. The molecule has 0 saturated carbocycles. The van der Waals surface area contributed by atoms with E-state index in [0.717, 1.165) is 38.5 Å². The summed E-state index contributed by atoms with van der Waals surface area (Å²) in [6, 6.07) is 0. The van der Waals surface area contributed by atoms with Crippen LogP contribution in [0.5, 0.6) is 0 Å². The van der Waals surface area contributed by atoms with Crippen LogP contribution in [-0.2, 0) is 23.3 Å². The van der Waals surface area contributed by atoms with Crippen molar-refractivity contribution in [3.05, 3.63) is 12.2 Å². The van der Waals surface area contributed by atoms with Crippen molar-refractivity contribution in [2.24, 2.45) is 0 Å². The third-order valence-corrected chi connectivity index (χ3v) is 6.73. The monoisotopic (exact) mass is 600 g/mol. The molecule has 0 aromatic carbocycles. The Morgan fingerprint density at radius 2 is 1.36 bits per heavy atom. The molecule has 1 saturated heterocycles. The predicted molar refractivity (Wildman–Crippen MR) is 137 cm³/mol. The quantitative estimate of drug-likeness (QED) is 0.0348. The Morgan fingerprint density at radius 3 is 1.87 bits per heavy atom. The summed E-state index contributed by atoms with van der Waals surface area (Å²) in [6.45, 7) is 1.81. The Morgan fingerprint density at radius 1 is 0.846 bits per heavy atom. The second kappa shape index (κ2) is 25.5. The van der Waals surface area contributed by atoms with Gasteiger partial charge in [0.05, 0.1) is 0 Å². The van der Waals surface area contributed by atoms with E-state index >= 15 is 0 Å². The molecule has 39 heavy (non-hydrogen) atoms. The number of hydrogen-bond donors (Lipinski definition) is 5. The third kappa shape index (κ3) is 21.3. The van der Waals surface area contributed by atoms with Gasteiger partial charge in [0.25, 0.3) is 0 Å². The number of hydrogen-bond acceptors (Lipinski definition) is 8. The van der Waals surface area contributed by atoms with Crippen LogP contribution < -0.4 is 59.1 Å². The van der Waals surface area contributed by atoms with Crippen molar-refractivity contribution in [3.8, 4) is 0 Å². The first-order valence-electron chi connectivity index (χ1n) is 13.5. The maximum absolute atomic E-state index is 11.3. The van der Waals surface area contributed by atoms with Crippen molar-refractivity contribution in [1.82, 2.24) is 0 Å². The van der Waals surface area contributed by atoms with Crippen LogP contribution in [0.15, 0.2) is 12.2 Å². The molecule has 0 aromatic rings. The number of unbranched alkanes of at least 4 members (excludes halogenated alkanes) is 12. The fourth-order valence-electron chi connectivity index (χ4n) is 4.15. The van der Waals surface area contributed by atoms with Gasteiger partial charge in [-0.1, -0.05) is 76.9 Å². The van der Waals surface area contributed by atoms with Gasteiger partial charge in [0.2, 0.25) is 0 Å². The van der Waals surface area contributed by atoms with Crippen LogP contribution in [0, 0.1) is 0 Å². The summed E-state index contributed by atoms with van der Waals surface area (Å²) in [6.07, 6.45) is 11.2. The molecule has 1 fully saturated rings. The number of phosphoric acid groups is 1. The first-order chi connectivity index (χ1) is 17.7. The molecule has 5 atom stereocenters. The third-order valence-electron chi connectivity index (χ3n) is 6.21. The normalized spacial score (nSPS) is 23.3. The Balaban J connectivity index is 0. The SMILES string of the molecule is CCCCCCCC/C=C/CCCCCCCCO[C@H]1O[C@H](COC(=O)O)[C@@H](O)[C@H](O)[C@H]1OP(=O)(O)O.[Na+].[Na+]. The van der Waals surface area contributed by atoms with Crippen molar-refractivity contribution in [2.45, 2.75) is 128 Å². The molecule has 1 aliphatic rings. The molecule has 0 aromatic heterocycles. The molecule has 0 aliphatic carbocycles. The van der Waals surface area contributed by atoms with Crippen LogP contribution in [0.2, 0.25) is 0 Å². The number of ether oxygens (including phenoxy) is 3. The van der Waals surface area contributed by atoms with Gasteiger partial charge in [0.1, 0.15) is 31.0 Å². The van der Waals surface area contributed by atoms with Crippen LogP contribution in [0.4, 0.5) is 4.79 Å². The number of aliphatic hydroxyl groups is 2. The first-order valence-corrected chi connectivity index (χ1v) is 15.1. The van der Waals surface area contributed by atoms with E-state index in [4.69, 9.17) is 24.4 Å². The van der Waals surface area contributed by atoms with E-state index in [9.17, 15) is 19.6 Å². The van der Waals surface area contributed by atoms with E-state index in [1.165, 1.54) is 44.9 Å². The van der Waals surface area contributed by atoms with Crippen molar-refractivity contribution >= 4 is 14.0 Å². The number of carboxylic acid groups (broad SMARTS) is 1. The van der Waals surface area contributed by atoms with E-state index in [2.05, 4.69) is 28.3 Å². The van der Waals surface area contributed by atoms with Gasteiger partial charge >= 0.3 is 73.1 Å². The minimum atomic E-state index is -5.02. The standard InChI is InChI=1S/C25H47O11P.2Na/c1-2-3-4-5-6-7-8-9-10-11-12-13-14-15-16-17-18-33-24-23(36-37(30,31)32)22(27)21(26)20(35-24)19-34-25(28)29;;/h9-10,20-24,26-27H,2-8,11-19H2,1H3,(H,28,29)(H2,30,31,32);;/q;2*+1/b10-9+;;/t20-,21-,22+,23-,24+;;/m1../s1. The predicted octanol–water partition coefficient (Wildman–Crippen LogP) is -1.33. The summed E-state index contributed by atoms with van der Waals surface area (Å²) >= 11 is 0. The van der Waals surface area contributed by atoms with Gasteiger partial charge in [0.15, 0.2) is 6.29 Å². The topological polar surface area (TPSA) is 172 Å². The van der Waals surface area contributed by atoms with Crippen molar-refractivity contribution in [3.63, 3.8) is 0 Å². The van der Waals surface area contributed by atoms with Gasteiger partial charge in [-0.25, -0.2) is 9.36 Å². The van der Waals surface area contributed by atoms with E-state index in [0.29, 0.717) is 6.42 Å². The summed E-state index contributed by atoms with van der Waals surface area (Å²) < 4.78 is 31.2. The molecular weight excluding hydrogens is 553 g/mol. The number of carbonyl (C=O) groups is 1. The molecule has 1 aliphatic heterocycles. The second-order valence-electron chi connectivity index (χ2n) is 9.47. The van der Waals surface area contributed by atoms with Gasteiger partial charge in [0, 0.05) is 6.61 Å². The maximum atomic E-state index is 11.3. The number of aliphatic hydroxyl groups excluding tert-OH is 2. The van der Waals surface area contributed by atoms with Gasteiger partial charge in [-0.15, -0.1) is 0 Å². The summed E-state index contributed by atoms with van der Waals surface area (Å²) in [7, 11) is -5.02.